The summed E-state index contributed by atoms with van der Waals surface area (Å²) >= 11 is 0. The number of aromatic nitrogens is 1. The molecule has 2 N–H and O–H groups in total. The number of hydrogen-bond donors (Lipinski definition) is 2. The fraction of sp³-hybridized carbons (Fsp3) is 0.308. The molecule has 18 heavy (non-hydrogen) atoms. The van der Waals surface area contributed by atoms with E-state index in [0.29, 0.717) is 0 Å². The summed E-state index contributed by atoms with van der Waals surface area (Å²) in [7, 11) is 2.86. The van der Waals surface area contributed by atoms with E-state index in [-0.39, 0.29) is 6.42 Å². The summed E-state index contributed by atoms with van der Waals surface area (Å²) in [6.07, 6.45) is 0.971. The van der Waals surface area contributed by atoms with Crippen LogP contribution in [-0.2, 0) is 16.1 Å². The minimum absolute atomic E-state index is 0.260. The molecule has 0 fully saturated rings. The predicted molar refractivity (Wildman–Crippen MR) is 67.8 cm³/mol. The molecule has 96 valence electrons. The first kappa shape index (κ1) is 12.6. The highest BCUT2D eigenvalue weighted by molar-refractivity contribution is 5.85. The van der Waals surface area contributed by atoms with E-state index >= 15 is 0 Å². The average molecular weight is 248 g/mol. The van der Waals surface area contributed by atoms with Crippen LogP contribution >= 0.6 is 0 Å². The van der Waals surface area contributed by atoms with Gasteiger partial charge < -0.3 is 10.1 Å². The van der Waals surface area contributed by atoms with Crippen molar-refractivity contribution in [1.29, 1.82) is 0 Å². The molecule has 2 aromatic rings. The van der Waals surface area contributed by atoms with Crippen molar-refractivity contribution in [2.24, 2.45) is 0 Å². The van der Waals surface area contributed by atoms with Gasteiger partial charge in [-0.3, -0.25) is 9.63 Å². The number of aliphatic hydroxyl groups is 1. The maximum Gasteiger partial charge on any atom is 0.274 e. The van der Waals surface area contributed by atoms with Crippen LogP contribution < -0.4 is 0 Å². The number of amides is 1. The number of para-hydroxylation sites is 1. The third kappa shape index (κ3) is 2.37. The van der Waals surface area contributed by atoms with Gasteiger partial charge in [-0.2, -0.15) is 0 Å². The van der Waals surface area contributed by atoms with Gasteiger partial charge >= 0.3 is 0 Å². The second-order valence-corrected chi connectivity index (χ2v) is 4.10. The molecule has 1 atom stereocenters. The summed E-state index contributed by atoms with van der Waals surface area (Å²) < 4.78 is 0. The molecule has 0 aliphatic heterocycles. The topological polar surface area (TPSA) is 65.6 Å². The van der Waals surface area contributed by atoms with Gasteiger partial charge in [0.05, 0.1) is 7.11 Å². The Morgan fingerprint density at radius 2 is 2.22 bits per heavy atom. The van der Waals surface area contributed by atoms with Crippen LogP contribution in [0.25, 0.3) is 10.9 Å². The summed E-state index contributed by atoms with van der Waals surface area (Å²) in [5.41, 5.74) is 1.91. The molecule has 1 amide bonds. The van der Waals surface area contributed by atoms with Crippen molar-refractivity contribution < 1.29 is 14.7 Å². The zero-order valence-electron chi connectivity index (χ0n) is 10.4. The zero-order chi connectivity index (χ0) is 13.1. The number of benzene rings is 1. The molecule has 5 nitrogen and oxygen atoms in total. The molecule has 1 aromatic heterocycles. The van der Waals surface area contributed by atoms with Crippen LogP contribution in [0.5, 0.6) is 0 Å². The van der Waals surface area contributed by atoms with Crippen molar-refractivity contribution >= 4 is 16.8 Å². The van der Waals surface area contributed by atoms with Gasteiger partial charge in [0.15, 0.2) is 0 Å². The third-order valence-corrected chi connectivity index (χ3v) is 2.96. The van der Waals surface area contributed by atoms with Gasteiger partial charge in [-0.25, -0.2) is 5.06 Å². The van der Waals surface area contributed by atoms with E-state index in [1.807, 2.05) is 30.5 Å². The Kier molecular flexibility index (Phi) is 3.64. The Morgan fingerprint density at radius 3 is 2.94 bits per heavy atom. The molecule has 0 saturated heterocycles. The van der Waals surface area contributed by atoms with Gasteiger partial charge in [0, 0.05) is 30.6 Å². The van der Waals surface area contributed by atoms with Crippen molar-refractivity contribution in [3.05, 3.63) is 36.0 Å². The minimum atomic E-state index is -1.10. The van der Waals surface area contributed by atoms with Crippen molar-refractivity contribution in [2.75, 3.05) is 14.2 Å². The van der Waals surface area contributed by atoms with E-state index in [9.17, 15) is 9.90 Å². The second-order valence-electron chi connectivity index (χ2n) is 4.10. The number of hydrogen-bond acceptors (Lipinski definition) is 3. The van der Waals surface area contributed by atoms with E-state index in [2.05, 4.69) is 4.98 Å². The van der Waals surface area contributed by atoms with Crippen molar-refractivity contribution in [1.82, 2.24) is 10.0 Å². The molecule has 5 heteroatoms. The summed E-state index contributed by atoms with van der Waals surface area (Å²) in [6.45, 7) is 0. The van der Waals surface area contributed by atoms with Crippen molar-refractivity contribution in [3.63, 3.8) is 0 Å². The summed E-state index contributed by atoms with van der Waals surface area (Å²) in [4.78, 5) is 19.5. The number of nitrogens with zero attached hydrogens (tertiary/aromatic N) is 1. The molecular weight excluding hydrogens is 232 g/mol. The number of aliphatic hydroxyl groups excluding tert-OH is 1. The Morgan fingerprint density at radius 1 is 1.50 bits per heavy atom. The van der Waals surface area contributed by atoms with Crippen LogP contribution in [0, 0.1) is 0 Å². The number of likely N-dealkylation sites (N-methyl/N-ethyl adjacent to an activating group) is 1. The lowest BCUT2D eigenvalue weighted by atomic mass is 10.1. The molecule has 0 radical (unpaired) electrons. The highest BCUT2D eigenvalue weighted by atomic mass is 16.7. The molecular formula is C13H16N2O3. The molecule has 0 saturated carbocycles. The average Bonchev–Trinajstić information content (AvgIpc) is 2.80. The van der Waals surface area contributed by atoms with Gasteiger partial charge in [0.25, 0.3) is 5.91 Å². The second kappa shape index (κ2) is 5.20. The first-order chi connectivity index (χ1) is 8.63. The fourth-order valence-corrected chi connectivity index (χ4v) is 1.90. The summed E-state index contributed by atoms with van der Waals surface area (Å²) in [5.74, 6) is -0.456. The molecule has 1 heterocycles. The number of carbonyl (C=O) groups is 1. The molecule has 0 aliphatic carbocycles. The van der Waals surface area contributed by atoms with Gasteiger partial charge in [-0.05, 0) is 11.6 Å². The highest BCUT2D eigenvalue weighted by Gasteiger charge is 2.21. The molecule has 0 unspecified atom stereocenters. The molecule has 0 bridgehead atoms. The third-order valence-electron chi connectivity index (χ3n) is 2.96. The first-order valence-corrected chi connectivity index (χ1v) is 5.68. The van der Waals surface area contributed by atoms with Crippen LogP contribution in [-0.4, -0.2) is 41.3 Å². The van der Waals surface area contributed by atoms with Crippen LogP contribution in [0.2, 0.25) is 0 Å². The lowest BCUT2D eigenvalue weighted by Gasteiger charge is -2.17. The normalized spacial score (nSPS) is 12.6. The maximum absolute atomic E-state index is 11.7. The number of rotatable bonds is 4. The summed E-state index contributed by atoms with van der Waals surface area (Å²) in [6, 6.07) is 7.77. The maximum atomic E-state index is 11.7. The Hall–Kier alpha value is -1.85. The minimum Gasteiger partial charge on any atom is -0.383 e. The number of H-pyrrole nitrogens is 1. The van der Waals surface area contributed by atoms with Gasteiger partial charge in [-0.15, -0.1) is 0 Å². The van der Waals surface area contributed by atoms with Gasteiger partial charge in [-0.1, -0.05) is 18.2 Å². The molecule has 2 rings (SSSR count). The first-order valence-electron chi connectivity index (χ1n) is 5.68. The Balaban J connectivity index is 2.16. The number of fused-ring (bicyclic) bond motifs is 1. The van der Waals surface area contributed by atoms with Crippen LogP contribution in [0.4, 0.5) is 0 Å². The quantitative estimate of drug-likeness (QED) is 0.796. The largest absolute Gasteiger partial charge is 0.383 e. The van der Waals surface area contributed by atoms with Crippen LogP contribution in [0.3, 0.4) is 0 Å². The summed E-state index contributed by atoms with van der Waals surface area (Å²) in [5, 5.41) is 11.9. The monoisotopic (exact) mass is 248 g/mol. The standard InChI is InChI=1S/C13H16N2O3/c1-15(18-2)13(17)12(16)7-9-8-14-11-6-4-3-5-10(9)11/h3-6,8,12,14,16H,7H2,1-2H3/t12-/m1/s1. The van der Waals surface area contributed by atoms with Gasteiger partial charge in [0.1, 0.15) is 6.10 Å². The lowest BCUT2D eigenvalue weighted by Crippen LogP contribution is -2.36. The Bertz CT molecular complexity index is 550. The van der Waals surface area contributed by atoms with E-state index in [0.717, 1.165) is 21.5 Å². The van der Waals surface area contributed by atoms with Crippen molar-refractivity contribution in [2.45, 2.75) is 12.5 Å². The van der Waals surface area contributed by atoms with Crippen LogP contribution in [0.1, 0.15) is 5.56 Å². The number of carbonyl (C=O) groups excluding carboxylic acids is 1. The van der Waals surface area contributed by atoms with E-state index in [1.54, 1.807) is 0 Å². The lowest BCUT2D eigenvalue weighted by molar-refractivity contribution is -0.177. The predicted octanol–water partition coefficient (Wildman–Crippen LogP) is 1.09. The smallest absolute Gasteiger partial charge is 0.274 e. The number of hydroxylamine groups is 2. The highest BCUT2D eigenvalue weighted by Crippen LogP contribution is 2.19. The van der Waals surface area contributed by atoms with E-state index in [1.165, 1.54) is 14.2 Å². The molecule has 0 spiro atoms. The van der Waals surface area contributed by atoms with E-state index in [4.69, 9.17) is 4.84 Å². The Labute approximate surface area is 105 Å². The van der Waals surface area contributed by atoms with Crippen molar-refractivity contribution in [3.8, 4) is 0 Å². The fourth-order valence-electron chi connectivity index (χ4n) is 1.90. The van der Waals surface area contributed by atoms with Gasteiger partial charge in [0.2, 0.25) is 0 Å². The number of nitrogens with one attached hydrogen (secondary N) is 1. The SMILES string of the molecule is CON(C)C(=O)[C@H](O)Cc1c[nH]c2ccccc12. The number of aromatic amines is 1. The van der Waals surface area contributed by atoms with Crippen LogP contribution in [0.15, 0.2) is 30.5 Å². The zero-order valence-corrected chi connectivity index (χ0v) is 10.4. The molecule has 1 aromatic carbocycles. The molecule has 0 aliphatic rings. The van der Waals surface area contributed by atoms with E-state index < -0.39 is 12.0 Å².